The summed E-state index contributed by atoms with van der Waals surface area (Å²) in [5.41, 5.74) is -0.00508. The third-order valence-electron chi connectivity index (χ3n) is 3.23. The van der Waals surface area contributed by atoms with Crippen LogP contribution in [0, 0.1) is 5.92 Å². The number of hydrogen-bond acceptors (Lipinski definition) is 3. The second-order valence-corrected chi connectivity index (χ2v) is 5.31. The molecule has 0 aliphatic carbocycles. The summed E-state index contributed by atoms with van der Waals surface area (Å²) in [5, 5.41) is 9.51. The number of aromatic nitrogens is 1. The van der Waals surface area contributed by atoms with E-state index < -0.39 is 17.9 Å². The van der Waals surface area contributed by atoms with Crippen LogP contribution in [0.5, 0.6) is 0 Å². The van der Waals surface area contributed by atoms with Gasteiger partial charge in [-0.05, 0) is 24.5 Å². The van der Waals surface area contributed by atoms with Gasteiger partial charge in [0.1, 0.15) is 16.9 Å². The summed E-state index contributed by atoms with van der Waals surface area (Å²) in [5.74, 6) is -1.61. The maximum atomic E-state index is 12.3. The Morgan fingerprint density at radius 1 is 1.42 bits per heavy atom. The minimum absolute atomic E-state index is 0.00508. The van der Waals surface area contributed by atoms with Gasteiger partial charge in [-0.3, -0.25) is 4.79 Å². The van der Waals surface area contributed by atoms with E-state index in [1.54, 1.807) is 6.92 Å². The zero-order valence-corrected chi connectivity index (χ0v) is 11.6. The van der Waals surface area contributed by atoms with Crippen molar-refractivity contribution in [2.24, 2.45) is 5.92 Å². The zero-order chi connectivity index (χ0) is 14.2. The van der Waals surface area contributed by atoms with E-state index >= 15 is 0 Å². The fourth-order valence-electron chi connectivity index (χ4n) is 2.26. The molecule has 2 atom stereocenters. The molecule has 1 N–H and O–H groups in total. The number of pyridine rings is 1. The second-order valence-electron chi connectivity index (χ2n) is 4.51. The van der Waals surface area contributed by atoms with Crippen LogP contribution in [0.3, 0.4) is 0 Å². The average Bonchev–Trinajstić information content (AvgIpc) is 2.73. The van der Waals surface area contributed by atoms with Crippen molar-refractivity contribution in [1.29, 1.82) is 0 Å². The molecule has 1 saturated heterocycles. The summed E-state index contributed by atoms with van der Waals surface area (Å²) in [6.45, 7) is 2.18. The van der Waals surface area contributed by atoms with Crippen molar-refractivity contribution in [1.82, 2.24) is 9.88 Å². The van der Waals surface area contributed by atoms with Crippen LogP contribution in [0.25, 0.3) is 0 Å². The Hall–Kier alpha value is -1.33. The lowest BCUT2D eigenvalue weighted by Gasteiger charge is -2.23. The number of amides is 1. The smallest absolute Gasteiger partial charge is 0.326 e. The van der Waals surface area contributed by atoms with Crippen LogP contribution in [-0.4, -0.2) is 39.5 Å². The van der Waals surface area contributed by atoms with Crippen molar-refractivity contribution < 1.29 is 14.7 Å². The van der Waals surface area contributed by atoms with Crippen molar-refractivity contribution in [3.63, 3.8) is 0 Å². The molecule has 2 unspecified atom stereocenters. The molecule has 0 bridgehead atoms. The van der Waals surface area contributed by atoms with Gasteiger partial charge < -0.3 is 10.0 Å². The predicted molar refractivity (Wildman–Crippen MR) is 70.5 cm³/mol. The number of carbonyl (C=O) groups is 2. The molecule has 0 radical (unpaired) electrons. The van der Waals surface area contributed by atoms with Crippen molar-refractivity contribution in [2.45, 2.75) is 19.4 Å². The van der Waals surface area contributed by atoms with Gasteiger partial charge in [-0.1, -0.05) is 30.1 Å². The van der Waals surface area contributed by atoms with Gasteiger partial charge in [0.2, 0.25) is 0 Å². The number of likely N-dealkylation sites (tertiary alicyclic amines) is 1. The summed E-state index contributed by atoms with van der Waals surface area (Å²) < 4.78 is 0. The van der Waals surface area contributed by atoms with Crippen molar-refractivity contribution in [3.05, 3.63) is 28.0 Å². The van der Waals surface area contributed by atoms with Gasteiger partial charge in [-0.2, -0.15) is 0 Å². The fourth-order valence-corrected chi connectivity index (χ4v) is 2.59. The van der Waals surface area contributed by atoms with Gasteiger partial charge >= 0.3 is 5.97 Å². The van der Waals surface area contributed by atoms with E-state index in [2.05, 4.69) is 4.98 Å². The number of carboxylic acids is 1. The van der Waals surface area contributed by atoms with E-state index in [0.717, 1.165) is 0 Å². The lowest BCUT2D eigenvalue weighted by Crippen LogP contribution is -2.43. The summed E-state index contributed by atoms with van der Waals surface area (Å²) in [6.07, 6.45) is 0.640. The van der Waals surface area contributed by atoms with Crippen LogP contribution < -0.4 is 0 Å². The van der Waals surface area contributed by atoms with Crippen molar-refractivity contribution in [2.75, 3.05) is 6.54 Å². The topological polar surface area (TPSA) is 70.5 Å². The molecule has 1 aromatic rings. The first-order valence-electron chi connectivity index (χ1n) is 5.77. The molecule has 1 fully saturated rings. The Kier molecular flexibility index (Phi) is 3.96. The Bertz CT molecular complexity index is 536. The number of carboxylic acid groups (broad SMARTS) is 1. The molecule has 102 valence electrons. The molecular weight excluding hydrogens is 291 g/mol. The van der Waals surface area contributed by atoms with Gasteiger partial charge in [-0.15, -0.1) is 0 Å². The van der Waals surface area contributed by atoms with E-state index in [0.29, 0.717) is 13.0 Å². The molecule has 7 heteroatoms. The second kappa shape index (κ2) is 5.35. The zero-order valence-electron chi connectivity index (χ0n) is 10.1. The molecule has 2 rings (SSSR count). The first kappa shape index (κ1) is 14.1. The summed E-state index contributed by atoms with van der Waals surface area (Å²) in [4.78, 5) is 28.7. The van der Waals surface area contributed by atoms with E-state index in [1.807, 2.05) is 0 Å². The minimum Gasteiger partial charge on any atom is -0.480 e. The van der Waals surface area contributed by atoms with Crippen LogP contribution in [0.1, 0.15) is 23.8 Å². The van der Waals surface area contributed by atoms with Crippen molar-refractivity contribution >= 4 is 35.1 Å². The van der Waals surface area contributed by atoms with Gasteiger partial charge in [0, 0.05) is 6.54 Å². The van der Waals surface area contributed by atoms with Gasteiger partial charge in [0.05, 0.1) is 5.02 Å². The molecule has 2 heterocycles. The standard InChI is InChI=1S/C12H12Cl2N2O3/c1-6-4-5-16(10(6)12(18)19)11(17)9-7(13)2-3-8(14)15-9/h2-3,6,10H,4-5H2,1H3,(H,18,19). The summed E-state index contributed by atoms with van der Waals surface area (Å²) in [6, 6.07) is 2.10. The number of rotatable bonds is 2. The van der Waals surface area contributed by atoms with Crippen LogP contribution >= 0.6 is 23.2 Å². The molecule has 5 nitrogen and oxygen atoms in total. The number of aliphatic carboxylic acids is 1. The Morgan fingerprint density at radius 3 is 2.74 bits per heavy atom. The summed E-state index contributed by atoms with van der Waals surface area (Å²) >= 11 is 11.7. The third-order valence-corrected chi connectivity index (χ3v) is 3.74. The largest absolute Gasteiger partial charge is 0.480 e. The maximum Gasteiger partial charge on any atom is 0.326 e. The van der Waals surface area contributed by atoms with Gasteiger partial charge in [0.25, 0.3) is 5.91 Å². The van der Waals surface area contributed by atoms with E-state index in [1.165, 1.54) is 17.0 Å². The minimum atomic E-state index is -1.02. The van der Waals surface area contributed by atoms with Crippen LogP contribution in [0.15, 0.2) is 12.1 Å². The molecule has 0 saturated carbocycles. The normalized spacial score (nSPS) is 22.6. The van der Waals surface area contributed by atoms with Crippen molar-refractivity contribution in [3.8, 4) is 0 Å². The van der Waals surface area contributed by atoms with Crippen LogP contribution in [0.2, 0.25) is 10.2 Å². The first-order valence-corrected chi connectivity index (χ1v) is 6.53. The molecule has 0 aromatic carbocycles. The Morgan fingerprint density at radius 2 is 2.11 bits per heavy atom. The van der Waals surface area contributed by atoms with Crippen LogP contribution in [0.4, 0.5) is 0 Å². The fraction of sp³-hybridized carbons (Fsp3) is 0.417. The molecule has 1 aromatic heterocycles. The molecular formula is C12H12Cl2N2O3. The number of carbonyl (C=O) groups excluding carboxylic acids is 1. The lowest BCUT2D eigenvalue weighted by molar-refractivity contribution is -0.142. The quantitative estimate of drug-likeness (QED) is 0.851. The first-order chi connectivity index (χ1) is 8.91. The number of halogens is 2. The van der Waals surface area contributed by atoms with Gasteiger partial charge in [-0.25, -0.2) is 9.78 Å². The predicted octanol–water partition coefficient (Wildman–Crippen LogP) is 2.32. The number of nitrogens with zero attached hydrogens (tertiary/aromatic N) is 2. The third kappa shape index (κ3) is 2.67. The molecule has 19 heavy (non-hydrogen) atoms. The molecule has 0 spiro atoms. The molecule has 1 amide bonds. The average molecular weight is 303 g/mol. The Labute approximate surface area is 120 Å². The molecule has 1 aliphatic rings. The highest BCUT2D eigenvalue weighted by molar-refractivity contribution is 6.34. The van der Waals surface area contributed by atoms with E-state index in [4.69, 9.17) is 23.2 Å². The lowest BCUT2D eigenvalue weighted by atomic mass is 10.0. The Balaban J connectivity index is 2.33. The monoisotopic (exact) mass is 302 g/mol. The highest BCUT2D eigenvalue weighted by Gasteiger charge is 2.40. The van der Waals surface area contributed by atoms with E-state index in [-0.39, 0.29) is 21.8 Å². The van der Waals surface area contributed by atoms with Crippen LogP contribution in [-0.2, 0) is 4.79 Å². The number of hydrogen-bond donors (Lipinski definition) is 1. The van der Waals surface area contributed by atoms with Gasteiger partial charge in [0.15, 0.2) is 0 Å². The molecule has 1 aliphatic heterocycles. The summed E-state index contributed by atoms with van der Waals surface area (Å²) in [7, 11) is 0. The highest BCUT2D eigenvalue weighted by Crippen LogP contribution is 2.27. The van der Waals surface area contributed by atoms with E-state index in [9.17, 15) is 14.7 Å². The highest BCUT2D eigenvalue weighted by atomic mass is 35.5. The SMILES string of the molecule is CC1CCN(C(=O)c2nc(Cl)ccc2Cl)C1C(=O)O. The maximum absolute atomic E-state index is 12.3.